The van der Waals surface area contributed by atoms with Gasteiger partial charge in [-0.15, -0.1) is 0 Å². The van der Waals surface area contributed by atoms with Gasteiger partial charge in [0.2, 0.25) is 0 Å². The van der Waals surface area contributed by atoms with Crippen molar-refractivity contribution in [2.45, 2.75) is 39.7 Å². The molecule has 0 aliphatic carbocycles. The van der Waals surface area contributed by atoms with E-state index in [-0.39, 0.29) is 11.9 Å². The Hall–Kier alpha value is -2.20. The van der Waals surface area contributed by atoms with Crippen LogP contribution in [0.3, 0.4) is 0 Å². The molecule has 2 N–H and O–H groups in total. The number of nitrogens with two attached hydrogens (primary N) is 1. The van der Waals surface area contributed by atoms with E-state index in [9.17, 15) is 4.79 Å². The van der Waals surface area contributed by atoms with Crippen LogP contribution in [0.25, 0.3) is 11.1 Å². The third kappa shape index (κ3) is 3.59. The number of rotatable bonds is 3. The monoisotopic (exact) mass is 337 g/mol. The van der Waals surface area contributed by atoms with E-state index < -0.39 is 0 Å². The second-order valence-electron chi connectivity index (χ2n) is 7.16. The average Bonchev–Trinajstić information content (AvgIpc) is 2.60. The molecule has 1 aromatic heterocycles. The standard InChI is InChI=1S/C21H27N3O/c1-14-6-7-18(17-8-9-23-16(3)12-17)19(11-14)21(25)24-10-4-5-15(2)20(24)13-22/h6-9,11-12,15,20H,4-5,10,13,22H2,1-3H3/t15?,20-/m1/s1. The molecule has 1 amide bonds. The summed E-state index contributed by atoms with van der Waals surface area (Å²) in [6, 6.07) is 10.2. The molecule has 1 saturated heterocycles. The number of aryl methyl sites for hydroxylation is 2. The maximum Gasteiger partial charge on any atom is 0.254 e. The minimum absolute atomic E-state index is 0.0927. The summed E-state index contributed by atoms with van der Waals surface area (Å²) < 4.78 is 0. The molecule has 4 nitrogen and oxygen atoms in total. The highest BCUT2D eigenvalue weighted by atomic mass is 16.2. The van der Waals surface area contributed by atoms with Crippen molar-refractivity contribution >= 4 is 5.91 Å². The fourth-order valence-corrected chi connectivity index (χ4v) is 3.82. The maximum absolute atomic E-state index is 13.4. The van der Waals surface area contributed by atoms with E-state index in [1.807, 2.05) is 43.0 Å². The van der Waals surface area contributed by atoms with Gasteiger partial charge in [-0.3, -0.25) is 9.78 Å². The van der Waals surface area contributed by atoms with Crippen LogP contribution >= 0.6 is 0 Å². The summed E-state index contributed by atoms with van der Waals surface area (Å²) in [5.41, 5.74) is 10.8. The molecule has 3 rings (SSSR count). The normalized spacial score (nSPS) is 20.6. The van der Waals surface area contributed by atoms with Crippen molar-refractivity contribution in [2.24, 2.45) is 11.7 Å². The van der Waals surface area contributed by atoms with Gasteiger partial charge in [0.15, 0.2) is 0 Å². The van der Waals surface area contributed by atoms with E-state index >= 15 is 0 Å². The summed E-state index contributed by atoms with van der Waals surface area (Å²) in [5, 5.41) is 0. The van der Waals surface area contributed by atoms with Gasteiger partial charge in [-0.25, -0.2) is 0 Å². The zero-order valence-corrected chi connectivity index (χ0v) is 15.3. The van der Waals surface area contributed by atoms with Crippen molar-refractivity contribution in [3.8, 4) is 11.1 Å². The van der Waals surface area contributed by atoms with Crippen LogP contribution in [0.15, 0.2) is 36.5 Å². The lowest BCUT2D eigenvalue weighted by molar-refractivity contribution is 0.0533. The number of pyridine rings is 1. The molecule has 2 aromatic rings. The Kier molecular flexibility index (Phi) is 5.19. The first-order valence-corrected chi connectivity index (χ1v) is 9.06. The van der Waals surface area contributed by atoms with Crippen LogP contribution in [0.5, 0.6) is 0 Å². The summed E-state index contributed by atoms with van der Waals surface area (Å²) in [5.74, 6) is 0.536. The number of carbonyl (C=O) groups is 1. The Labute approximate surface area is 150 Å². The van der Waals surface area contributed by atoms with Gasteiger partial charge in [0.1, 0.15) is 0 Å². The minimum Gasteiger partial charge on any atom is -0.334 e. The lowest BCUT2D eigenvalue weighted by Gasteiger charge is -2.39. The Morgan fingerprint density at radius 2 is 2.08 bits per heavy atom. The van der Waals surface area contributed by atoms with Crippen LogP contribution in [0.4, 0.5) is 0 Å². The zero-order valence-electron chi connectivity index (χ0n) is 15.3. The number of likely N-dealkylation sites (tertiary alicyclic amines) is 1. The minimum atomic E-state index is 0.0927. The topological polar surface area (TPSA) is 59.2 Å². The summed E-state index contributed by atoms with van der Waals surface area (Å²) in [6.07, 6.45) is 3.97. The van der Waals surface area contributed by atoms with Gasteiger partial charge in [0, 0.05) is 36.6 Å². The first kappa shape index (κ1) is 17.6. The summed E-state index contributed by atoms with van der Waals surface area (Å²) in [6.45, 7) is 7.49. The number of amides is 1. The summed E-state index contributed by atoms with van der Waals surface area (Å²) in [7, 11) is 0. The molecule has 1 aromatic carbocycles. The molecule has 1 aliphatic heterocycles. The van der Waals surface area contributed by atoms with E-state index in [0.29, 0.717) is 12.5 Å². The number of hydrogen-bond donors (Lipinski definition) is 1. The van der Waals surface area contributed by atoms with E-state index in [1.54, 1.807) is 6.20 Å². The number of carbonyl (C=O) groups excluding carboxylic acids is 1. The van der Waals surface area contributed by atoms with E-state index in [0.717, 1.165) is 47.3 Å². The zero-order chi connectivity index (χ0) is 18.0. The predicted octanol–water partition coefficient (Wildman–Crippen LogP) is 3.56. The number of hydrogen-bond acceptors (Lipinski definition) is 3. The molecule has 4 heteroatoms. The number of nitrogens with zero attached hydrogens (tertiary/aromatic N) is 2. The van der Waals surface area contributed by atoms with Gasteiger partial charge in [-0.1, -0.05) is 24.6 Å². The molecule has 0 radical (unpaired) electrons. The number of aromatic nitrogens is 1. The summed E-state index contributed by atoms with van der Waals surface area (Å²) >= 11 is 0. The van der Waals surface area contributed by atoms with Crippen LogP contribution in [0.2, 0.25) is 0 Å². The highest BCUT2D eigenvalue weighted by Gasteiger charge is 2.32. The van der Waals surface area contributed by atoms with Crippen LogP contribution < -0.4 is 5.73 Å². The highest BCUT2D eigenvalue weighted by molar-refractivity contribution is 6.01. The van der Waals surface area contributed by atoms with E-state index in [4.69, 9.17) is 5.73 Å². The van der Waals surface area contributed by atoms with Crippen molar-refractivity contribution in [3.05, 3.63) is 53.3 Å². The van der Waals surface area contributed by atoms with Crippen molar-refractivity contribution in [2.75, 3.05) is 13.1 Å². The largest absolute Gasteiger partial charge is 0.334 e. The van der Waals surface area contributed by atoms with Gasteiger partial charge in [-0.05, 0) is 61.9 Å². The second kappa shape index (κ2) is 7.36. The molecule has 1 aliphatic rings. The van der Waals surface area contributed by atoms with Crippen molar-refractivity contribution in [1.82, 2.24) is 9.88 Å². The average molecular weight is 337 g/mol. The molecule has 2 atom stereocenters. The molecule has 1 unspecified atom stereocenters. The lowest BCUT2D eigenvalue weighted by Crippen LogP contribution is -2.51. The first-order chi connectivity index (χ1) is 12.0. The van der Waals surface area contributed by atoms with Gasteiger partial charge in [-0.2, -0.15) is 0 Å². The third-order valence-electron chi connectivity index (χ3n) is 5.23. The molecule has 25 heavy (non-hydrogen) atoms. The Morgan fingerprint density at radius 1 is 1.28 bits per heavy atom. The van der Waals surface area contributed by atoms with Crippen LogP contribution in [0, 0.1) is 19.8 Å². The van der Waals surface area contributed by atoms with Crippen molar-refractivity contribution in [3.63, 3.8) is 0 Å². The maximum atomic E-state index is 13.4. The van der Waals surface area contributed by atoms with Gasteiger partial charge in [0.25, 0.3) is 5.91 Å². The Bertz CT molecular complexity index is 771. The van der Waals surface area contributed by atoms with Gasteiger partial charge < -0.3 is 10.6 Å². The molecular weight excluding hydrogens is 310 g/mol. The molecule has 0 saturated carbocycles. The predicted molar refractivity (Wildman–Crippen MR) is 101 cm³/mol. The number of benzene rings is 1. The van der Waals surface area contributed by atoms with Gasteiger partial charge >= 0.3 is 0 Å². The molecular formula is C21H27N3O. The van der Waals surface area contributed by atoms with Crippen LogP contribution in [0.1, 0.15) is 41.4 Å². The van der Waals surface area contributed by atoms with E-state index in [2.05, 4.69) is 18.0 Å². The SMILES string of the molecule is Cc1ccc(-c2ccnc(C)c2)c(C(=O)N2CCCC(C)[C@H]2CN)c1. The smallest absolute Gasteiger partial charge is 0.254 e. The van der Waals surface area contributed by atoms with Crippen LogP contribution in [-0.2, 0) is 0 Å². The third-order valence-corrected chi connectivity index (χ3v) is 5.23. The fraction of sp³-hybridized carbons (Fsp3) is 0.429. The Morgan fingerprint density at radius 3 is 2.80 bits per heavy atom. The van der Waals surface area contributed by atoms with Crippen molar-refractivity contribution < 1.29 is 4.79 Å². The quantitative estimate of drug-likeness (QED) is 0.931. The fourth-order valence-electron chi connectivity index (χ4n) is 3.82. The van der Waals surface area contributed by atoms with Crippen molar-refractivity contribution in [1.29, 1.82) is 0 Å². The highest BCUT2D eigenvalue weighted by Crippen LogP contribution is 2.30. The molecule has 132 valence electrons. The molecule has 1 fully saturated rings. The lowest BCUT2D eigenvalue weighted by atomic mass is 9.89. The molecule has 2 heterocycles. The Balaban J connectivity index is 2.04. The second-order valence-corrected chi connectivity index (χ2v) is 7.16. The van der Waals surface area contributed by atoms with Gasteiger partial charge in [0.05, 0.1) is 0 Å². The van der Waals surface area contributed by atoms with Crippen LogP contribution in [-0.4, -0.2) is 34.9 Å². The molecule has 0 bridgehead atoms. The molecule has 0 spiro atoms. The summed E-state index contributed by atoms with van der Waals surface area (Å²) in [4.78, 5) is 19.7. The number of piperidine rings is 1. The van der Waals surface area contributed by atoms with E-state index in [1.165, 1.54) is 0 Å². The first-order valence-electron chi connectivity index (χ1n) is 9.06.